The Bertz CT molecular complexity index is 1230. The molecule has 0 aliphatic heterocycles. The number of benzene rings is 2. The van der Waals surface area contributed by atoms with Gasteiger partial charge in [-0.1, -0.05) is 48.0 Å². The Hall–Kier alpha value is -3.47. The molecule has 0 saturated carbocycles. The van der Waals surface area contributed by atoms with Gasteiger partial charge >= 0.3 is 0 Å². The zero-order valence-electron chi connectivity index (χ0n) is 15.3. The first-order valence-corrected chi connectivity index (χ1v) is 9.02. The van der Waals surface area contributed by atoms with Gasteiger partial charge in [0.05, 0.1) is 11.4 Å². The van der Waals surface area contributed by atoms with Crippen LogP contribution in [0.25, 0.3) is 27.9 Å². The molecule has 0 fully saturated rings. The summed E-state index contributed by atoms with van der Waals surface area (Å²) in [6.45, 7) is 4.74. The van der Waals surface area contributed by atoms with E-state index in [1.54, 1.807) is 4.80 Å². The second kappa shape index (κ2) is 6.06. The third kappa shape index (κ3) is 2.77. The predicted octanol–water partition coefficient (Wildman–Crippen LogP) is 4.41. The van der Waals surface area contributed by atoms with E-state index < -0.39 is 0 Å². The molecule has 5 heteroatoms. The van der Waals surface area contributed by atoms with E-state index in [0.29, 0.717) is 6.54 Å². The van der Waals surface area contributed by atoms with Crippen LogP contribution in [0.15, 0.2) is 66.9 Å². The van der Waals surface area contributed by atoms with E-state index in [4.69, 9.17) is 4.98 Å². The first kappa shape index (κ1) is 15.8. The van der Waals surface area contributed by atoms with Gasteiger partial charge in [0.2, 0.25) is 0 Å². The quantitative estimate of drug-likeness (QED) is 0.483. The third-order valence-electron chi connectivity index (χ3n) is 4.81. The molecule has 5 aromatic rings. The summed E-state index contributed by atoms with van der Waals surface area (Å²) in [7, 11) is 0. The molecule has 0 unspecified atom stereocenters. The summed E-state index contributed by atoms with van der Waals surface area (Å²) in [5, 5.41) is 9.26. The van der Waals surface area contributed by atoms with Crippen molar-refractivity contribution in [2.24, 2.45) is 0 Å². The van der Waals surface area contributed by atoms with Gasteiger partial charge in [-0.2, -0.15) is 15.0 Å². The predicted molar refractivity (Wildman–Crippen MR) is 107 cm³/mol. The number of aryl methyl sites for hydroxylation is 2. The highest BCUT2D eigenvalue weighted by molar-refractivity contribution is 5.73. The number of imidazole rings is 1. The molecule has 132 valence electrons. The second-order valence-electron chi connectivity index (χ2n) is 6.93. The minimum atomic E-state index is 0.558. The topological polar surface area (TPSA) is 48.0 Å². The lowest BCUT2D eigenvalue weighted by Crippen LogP contribution is -2.07. The van der Waals surface area contributed by atoms with Gasteiger partial charge in [-0.25, -0.2) is 4.98 Å². The molecule has 0 aliphatic rings. The van der Waals surface area contributed by atoms with Crippen LogP contribution < -0.4 is 0 Å². The standard InChI is InChI=1S/C22H19N5/c1-15-7-10-17(11-8-15)22-20(26-13-16(2)9-12-21(26)23-22)14-27-24-18-5-3-4-6-19(18)25-27/h3-13H,14H2,1-2H3. The molecule has 5 nitrogen and oxygen atoms in total. The van der Waals surface area contributed by atoms with Crippen LogP contribution >= 0.6 is 0 Å². The average Bonchev–Trinajstić information content (AvgIpc) is 3.24. The summed E-state index contributed by atoms with van der Waals surface area (Å²) >= 11 is 0. The summed E-state index contributed by atoms with van der Waals surface area (Å²) in [4.78, 5) is 6.66. The van der Waals surface area contributed by atoms with Crippen molar-refractivity contribution in [3.8, 4) is 11.3 Å². The van der Waals surface area contributed by atoms with Gasteiger partial charge < -0.3 is 4.40 Å². The monoisotopic (exact) mass is 353 g/mol. The molecule has 3 aromatic heterocycles. The van der Waals surface area contributed by atoms with Crippen LogP contribution in [0.4, 0.5) is 0 Å². The maximum Gasteiger partial charge on any atom is 0.137 e. The SMILES string of the molecule is Cc1ccc(-c2nc3ccc(C)cn3c2Cn2nc3ccccc3n2)cc1. The largest absolute Gasteiger partial charge is 0.301 e. The van der Waals surface area contributed by atoms with E-state index in [2.05, 4.69) is 71.0 Å². The molecule has 0 radical (unpaired) electrons. The molecule has 2 aromatic carbocycles. The number of aromatic nitrogens is 5. The number of nitrogens with zero attached hydrogens (tertiary/aromatic N) is 5. The van der Waals surface area contributed by atoms with Crippen molar-refractivity contribution in [1.29, 1.82) is 0 Å². The summed E-state index contributed by atoms with van der Waals surface area (Å²) in [5.74, 6) is 0. The van der Waals surface area contributed by atoms with Crippen molar-refractivity contribution in [2.75, 3.05) is 0 Å². The summed E-state index contributed by atoms with van der Waals surface area (Å²) < 4.78 is 2.15. The van der Waals surface area contributed by atoms with Gasteiger partial charge in [0.15, 0.2) is 0 Å². The van der Waals surface area contributed by atoms with Gasteiger partial charge in [-0.05, 0) is 37.6 Å². The first-order chi connectivity index (χ1) is 13.2. The van der Waals surface area contributed by atoms with Crippen LogP contribution in [0.3, 0.4) is 0 Å². The second-order valence-corrected chi connectivity index (χ2v) is 6.93. The Labute approximate surface area is 156 Å². The number of hydrogen-bond donors (Lipinski definition) is 0. The highest BCUT2D eigenvalue weighted by atomic mass is 15.5. The Balaban J connectivity index is 1.69. The minimum Gasteiger partial charge on any atom is -0.301 e. The maximum atomic E-state index is 4.90. The van der Waals surface area contributed by atoms with Crippen molar-refractivity contribution < 1.29 is 0 Å². The maximum absolute atomic E-state index is 4.90. The van der Waals surface area contributed by atoms with Crippen LogP contribution in [0.2, 0.25) is 0 Å². The zero-order chi connectivity index (χ0) is 18.4. The number of hydrogen-bond acceptors (Lipinski definition) is 3. The molecule has 0 saturated heterocycles. The van der Waals surface area contributed by atoms with Crippen LogP contribution in [-0.2, 0) is 6.54 Å². The third-order valence-corrected chi connectivity index (χ3v) is 4.81. The summed E-state index contributed by atoms with van der Waals surface area (Å²) in [6.07, 6.45) is 2.12. The molecule has 0 amide bonds. The van der Waals surface area contributed by atoms with E-state index in [1.165, 1.54) is 11.1 Å². The van der Waals surface area contributed by atoms with Gasteiger partial charge in [0.25, 0.3) is 0 Å². The molecule has 0 atom stereocenters. The van der Waals surface area contributed by atoms with Gasteiger partial charge in [0.1, 0.15) is 23.2 Å². The van der Waals surface area contributed by atoms with Crippen LogP contribution in [0.5, 0.6) is 0 Å². The Kier molecular flexibility index (Phi) is 3.53. The molecular formula is C22H19N5. The average molecular weight is 353 g/mol. The van der Waals surface area contributed by atoms with Gasteiger partial charge in [-0.15, -0.1) is 0 Å². The van der Waals surface area contributed by atoms with E-state index in [0.717, 1.165) is 33.6 Å². The Morgan fingerprint density at radius 1 is 0.778 bits per heavy atom. The van der Waals surface area contributed by atoms with E-state index in [1.807, 2.05) is 24.3 Å². The molecular weight excluding hydrogens is 334 g/mol. The number of rotatable bonds is 3. The first-order valence-electron chi connectivity index (χ1n) is 9.02. The van der Waals surface area contributed by atoms with Crippen LogP contribution in [0, 0.1) is 13.8 Å². The number of fused-ring (bicyclic) bond motifs is 2. The van der Waals surface area contributed by atoms with Gasteiger partial charge in [-0.3, -0.25) is 0 Å². The molecule has 27 heavy (non-hydrogen) atoms. The fourth-order valence-corrected chi connectivity index (χ4v) is 3.40. The molecule has 0 spiro atoms. The number of pyridine rings is 1. The van der Waals surface area contributed by atoms with Crippen LogP contribution in [0.1, 0.15) is 16.8 Å². The van der Waals surface area contributed by atoms with E-state index in [-0.39, 0.29) is 0 Å². The zero-order valence-corrected chi connectivity index (χ0v) is 15.3. The summed E-state index contributed by atoms with van der Waals surface area (Å²) in [5.41, 5.74) is 8.32. The minimum absolute atomic E-state index is 0.558. The molecule has 3 heterocycles. The van der Waals surface area contributed by atoms with E-state index in [9.17, 15) is 0 Å². The molecule has 0 aliphatic carbocycles. The summed E-state index contributed by atoms with van der Waals surface area (Å²) in [6, 6.07) is 20.6. The van der Waals surface area contributed by atoms with Crippen molar-refractivity contribution in [2.45, 2.75) is 20.4 Å². The lowest BCUT2D eigenvalue weighted by Gasteiger charge is -2.06. The smallest absolute Gasteiger partial charge is 0.137 e. The van der Waals surface area contributed by atoms with Crippen LogP contribution in [-0.4, -0.2) is 24.4 Å². The molecule has 0 bridgehead atoms. The van der Waals surface area contributed by atoms with Crippen molar-refractivity contribution in [1.82, 2.24) is 24.4 Å². The highest BCUT2D eigenvalue weighted by Gasteiger charge is 2.16. The van der Waals surface area contributed by atoms with Crippen molar-refractivity contribution in [3.63, 3.8) is 0 Å². The normalized spacial score (nSPS) is 11.5. The van der Waals surface area contributed by atoms with Crippen molar-refractivity contribution in [3.05, 3.63) is 83.7 Å². The van der Waals surface area contributed by atoms with Gasteiger partial charge in [0, 0.05) is 11.8 Å². The lowest BCUT2D eigenvalue weighted by molar-refractivity contribution is 0.589. The fraction of sp³-hybridized carbons (Fsp3) is 0.136. The Morgan fingerprint density at radius 3 is 2.15 bits per heavy atom. The molecule has 0 N–H and O–H groups in total. The Morgan fingerprint density at radius 2 is 1.44 bits per heavy atom. The van der Waals surface area contributed by atoms with E-state index >= 15 is 0 Å². The lowest BCUT2D eigenvalue weighted by atomic mass is 10.1. The fourth-order valence-electron chi connectivity index (χ4n) is 3.40. The molecule has 5 rings (SSSR count). The van der Waals surface area contributed by atoms with Crippen molar-refractivity contribution >= 4 is 16.7 Å². The highest BCUT2D eigenvalue weighted by Crippen LogP contribution is 2.26.